The summed E-state index contributed by atoms with van der Waals surface area (Å²) in [4.78, 5) is 0. The molecule has 19 heavy (non-hydrogen) atoms. The molecule has 0 aromatic rings. The van der Waals surface area contributed by atoms with Crippen molar-refractivity contribution in [3.05, 3.63) is 0 Å². The maximum absolute atomic E-state index is 12.4. The molecule has 3 atom stereocenters. The van der Waals surface area contributed by atoms with Crippen LogP contribution in [0, 0.1) is 5.92 Å². The minimum absolute atomic E-state index is 0.0997. The third-order valence-corrected chi connectivity index (χ3v) is 5.75. The molecule has 1 heterocycles. The first kappa shape index (κ1) is 15.2. The van der Waals surface area contributed by atoms with Gasteiger partial charge in [-0.2, -0.15) is 17.4 Å². The first-order valence-electron chi connectivity index (χ1n) is 7.42. The lowest BCUT2D eigenvalue weighted by atomic mass is 10.0. The van der Waals surface area contributed by atoms with Crippen LogP contribution in [0.3, 0.4) is 0 Å². The fourth-order valence-electron chi connectivity index (χ4n) is 2.61. The Balaban J connectivity index is 1.97. The quantitative estimate of drug-likeness (QED) is 0.769. The van der Waals surface area contributed by atoms with Gasteiger partial charge in [-0.15, -0.1) is 0 Å². The molecule has 1 saturated carbocycles. The van der Waals surface area contributed by atoms with E-state index in [9.17, 15) is 8.42 Å². The highest BCUT2D eigenvalue weighted by molar-refractivity contribution is 7.87. The normalized spacial score (nSPS) is 32.7. The molecule has 5 nitrogen and oxygen atoms in total. The van der Waals surface area contributed by atoms with Crippen LogP contribution >= 0.6 is 0 Å². The second-order valence-electron chi connectivity index (χ2n) is 6.27. The number of nitrogens with one attached hydrogen (secondary N) is 2. The lowest BCUT2D eigenvalue weighted by molar-refractivity contribution is 0.239. The highest BCUT2D eigenvalue weighted by Gasteiger charge is 2.40. The molecule has 112 valence electrons. The maximum atomic E-state index is 12.4. The molecule has 0 aromatic heterocycles. The number of piperidine rings is 1. The molecule has 0 spiro atoms. The molecule has 2 N–H and O–H groups in total. The van der Waals surface area contributed by atoms with Gasteiger partial charge in [0.1, 0.15) is 0 Å². The lowest BCUT2D eigenvalue weighted by Gasteiger charge is -2.35. The van der Waals surface area contributed by atoms with Crippen molar-refractivity contribution in [2.75, 3.05) is 13.1 Å². The van der Waals surface area contributed by atoms with Gasteiger partial charge in [0.05, 0.1) is 0 Å². The molecule has 1 aliphatic heterocycles. The molecule has 2 aliphatic rings. The average Bonchev–Trinajstić information content (AvgIpc) is 3.01. The highest BCUT2D eigenvalue weighted by Crippen LogP contribution is 2.31. The van der Waals surface area contributed by atoms with Crippen LogP contribution in [0.4, 0.5) is 0 Å². The van der Waals surface area contributed by atoms with Crippen molar-refractivity contribution < 1.29 is 8.42 Å². The van der Waals surface area contributed by atoms with Gasteiger partial charge in [0, 0.05) is 31.2 Å². The van der Waals surface area contributed by atoms with E-state index in [-0.39, 0.29) is 12.1 Å². The van der Waals surface area contributed by atoms with E-state index in [0.29, 0.717) is 18.5 Å². The molecule has 2 rings (SSSR count). The summed E-state index contributed by atoms with van der Waals surface area (Å²) < 4.78 is 29.4. The summed E-state index contributed by atoms with van der Waals surface area (Å²) in [6.07, 6.45) is 4.03. The van der Waals surface area contributed by atoms with Gasteiger partial charge in [-0.05, 0) is 25.2 Å². The van der Waals surface area contributed by atoms with Gasteiger partial charge in [0.2, 0.25) is 0 Å². The van der Waals surface area contributed by atoms with Crippen molar-refractivity contribution in [3.8, 4) is 0 Å². The smallest absolute Gasteiger partial charge is 0.280 e. The fourth-order valence-corrected chi connectivity index (χ4v) is 4.40. The second-order valence-corrected chi connectivity index (χ2v) is 7.92. The molecule has 0 radical (unpaired) electrons. The summed E-state index contributed by atoms with van der Waals surface area (Å²) in [5.41, 5.74) is 0. The van der Waals surface area contributed by atoms with E-state index in [0.717, 1.165) is 32.2 Å². The van der Waals surface area contributed by atoms with Crippen LogP contribution in [0.1, 0.15) is 46.5 Å². The van der Waals surface area contributed by atoms with Crippen LogP contribution in [-0.2, 0) is 10.2 Å². The largest absolute Gasteiger partial charge is 0.313 e. The summed E-state index contributed by atoms with van der Waals surface area (Å²) in [5, 5.41) is 3.36. The monoisotopic (exact) mass is 289 g/mol. The minimum Gasteiger partial charge on any atom is -0.313 e. The van der Waals surface area contributed by atoms with E-state index in [1.54, 1.807) is 4.31 Å². The van der Waals surface area contributed by atoms with Crippen molar-refractivity contribution in [1.82, 2.24) is 14.3 Å². The van der Waals surface area contributed by atoms with Gasteiger partial charge in [0.25, 0.3) is 10.2 Å². The Bertz CT molecular complexity index is 397. The van der Waals surface area contributed by atoms with Gasteiger partial charge in [-0.25, -0.2) is 0 Å². The van der Waals surface area contributed by atoms with E-state index in [4.69, 9.17) is 0 Å². The summed E-state index contributed by atoms with van der Waals surface area (Å²) in [6.45, 7) is 7.67. The van der Waals surface area contributed by atoms with Gasteiger partial charge in [-0.3, -0.25) is 0 Å². The predicted octanol–water partition coefficient (Wildman–Crippen LogP) is 1.08. The van der Waals surface area contributed by atoms with Crippen molar-refractivity contribution in [2.45, 2.75) is 64.6 Å². The van der Waals surface area contributed by atoms with Gasteiger partial charge in [0.15, 0.2) is 0 Å². The van der Waals surface area contributed by atoms with Gasteiger partial charge in [-0.1, -0.05) is 27.2 Å². The Morgan fingerprint density at radius 3 is 2.58 bits per heavy atom. The Morgan fingerprint density at radius 1 is 1.32 bits per heavy atom. The van der Waals surface area contributed by atoms with Crippen molar-refractivity contribution >= 4 is 10.2 Å². The van der Waals surface area contributed by atoms with E-state index in [1.165, 1.54) is 0 Å². The highest BCUT2D eigenvalue weighted by atomic mass is 32.2. The molecule has 1 aliphatic carbocycles. The molecule has 3 unspecified atom stereocenters. The Hall–Kier alpha value is -0.170. The Kier molecular flexibility index (Phi) is 4.87. The zero-order valence-electron chi connectivity index (χ0n) is 12.2. The first-order valence-corrected chi connectivity index (χ1v) is 8.86. The van der Waals surface area contributed by atoms with E-state index in [2.05, 4.69) is 30.8 Å². The third-order valence-electron chi connectivity index (χ3n) is 4.05. The molecule has 1 saturated heterocycles. The fraction of sp³-hybridized carbons (Fsp3) is 1.00. The van der Waals surface area contributed by atoms with E-state index in [1.807, 2.05) is 0 Å². The third kappa shape index (κ3) is 4.15. The van der Waals surface area contributed by atoms with Gasteiger partial charge < -0.3 is 5.32 Å². The molecular weight excluding hydrogens is 262 g/mol. The summed E-state index contributed by atoms with van der Waals surface area (Å²) in [6, 6.07) is 0.649. The first-order chi connectivity index (χ1) is 8.90. The topological polar surface area (TPSA) is 61.4 Å². The lowest BCUT2D eigenvalue weighted by Crippen LogP contribution is -2.53. The van der Waals surface area contributed by atoms with Crippen LogP contribution in [-0.4, -0.2) is 43.9 Å². The number of rotatable bonds is 6. The molecule has 0 bridgehead atoms. The van der Waals surface area contributed by atoms with Crippen LogP contribution < -0.4 is 10.0 Å². The van der Waals surface area contributed by atoms with E-state index < -0.39 is 10.2 Å². The van der Waals surface area contributed by atoms with Crippen LogP contribution in [0.15, 0.2) is 0 Å². The van der Waals surface area contributed by atoms with Crippen LogP contribution in [0.25, 0.3) is 0 Å². The molecular formula is C13H27N3O2S. The Labute approximate surface area is 117 Å². The minimum atomic E-state index is -3.31. The number of hydrogen-bond acceptors (Lipinski definition) is 3. The maximum Gasteiger partial charge on any atom is 0.280 e. The Morgan fingerprint density at radius 2 is 2.00 bits per heavy atom. The average molecular weight is 289 g/mol. The van der Waals surface area contributed by atoms with Crippen LogP contribution in [0.5, 0.6) is 0 Å². The molecule has 0 amide bonds. The van der Waals surface area contributed by atoms with Crippen molar-refractivity contribution in [3.63, 3.8) is 0 Å². The molecule has 0 aromatic carbocycles. The SMILES string of the molecule is CC(C)NCC1CCCCN1S(=O)(=O)NC1CC1C. The predicted molar refractivity (Wildman–Crippen MR) is 77.1 cm³/mol. The van der Waals surface area contributed by atoms with Crippen molar-refractivity contribution in [1.29, 1.82) is 0 Å². The second kappa shape index (κ2) is 6.08. The zero-order valence-corrected chi connectivity index (χ0v) is 13.0. The van der Waals surface area contributed by atoms with Crippen LogP contribution in [0.2, 0.25) is 0 Å². The zero-order chi connectivity index (χ0) is 14.0. The number of nitrogens with zero attached hydrogens (tertiary/aromatic N) is 1. The summed E-state index contributed by atoms with van der Waals surface area (Å²) in [5.74, 6) is 0.492. The van der Waals surface area contributed by atoms with Crippen molar-refractivity contribution in [2.24, 2.45) is 5.92 Å². The standard InChI is InChI=1S/C13H27N3O2S/c1-10(2)14-9-12-6-4-5-7-16(12)19(17,18)15-13-8-11(13)3/h10-15H,4-9H2,1-3H3. The molecule has 6 heteroatoms. The number of hydrogen-bond donors (Lipinski definition) is 2. The van der Waals surface area contributed by atoms with E-state index >= 15 is 0 Å². The summed E-state index contributed by atoms with van der Waals surface area (Å²) in [7, 11) is -3.31. The molecule has 2 fully saturated rings. The van der Waals surface area contributed by atoms with Gasteiger partial charge >= 0.3 is 0 Å². The summed E-state index contributed by atoms with van der Waals surface area (Å²) >= 11 is 0.